The molecular formula is C26H55NO3S. The molecule has 0 heterocycles. The van der Waals surface area contributed by atoms with Crippen LogP contribution in [0.3, 0.4) is 0 Å². The lowest BCUT2D eigenvalue weighted by molar-refractivity contribution is -0.926. The number of quaternary nitrogens is 1. The molecule has 0 aliphatic rings. The summed E-state index contributed by atoms with van der Waals surface area (Å²) < 4.78 is 35.2. The lowest BCUT2D eigenvalue weighted by Crippen LogP contribution is -2.52. The zero-order valence-corrected chi connectivity index (χ0v) is 22.2. The lowest BCUT2D eigenvalue weighted by Gasteiger charge is -2.40. The zero-order valence-electron chi connectivity index (χ0n) is 21.3. The normalized spacial score (nSPS) is 12.5. The molecule has 0 fully saturated rings. The fourth-order valence-corrected chi connectivity index (χ4v) is 5.27. The van der Waals surface area contributed by atoms with Gasteiger partial charge in [-0.05, 0) is 38.5 Å². The fourth-order valence-electron chi connectivity index (χ4n) is 4.66. The molecule has 0 bridgehead atoms. The maximum absolute atomic E-state index is 11.5. The second kappa shape index (κ2) is 20.5. The summed E-state index contributed by atoms with van der Waals surface area (Å²) in [5.41, 5.74) is 0. The molecule has 0 atom stereocenters. The summed E-state index contributed by atoms with van der Waals surface area (Å²) in [6.45, 7) is 10.4. The quantitative estimate of drug-likeness (QED) is 0.0853. The molecule has 0 aromatic rings. The molecular weight excluding hydrogens is 406 g/mol. The first kappa shape index (κ1) is 30.9. The summed E-state index contributed by atoms with van der Waals surface area (Å²) in [6, 6.07) is 0. The first-order valence-electron chi connectivity index (χ1n) is 13.7. The molecule has 0 saturated carbocycles. The van der Waals surface area contributed by atoms with E-state index in [-0.39, 0.29) is 5.75 Å². The Morgan fingerprint density at radius 2 is 0.774 bits per heavy atom. The third-order valence-corrected chi connectivity index (χ3v) is 7.46. The monoisotopic (exact) mass is 461 g/mol. The Kier molecular flexibility index (Phi) is 20.4. The van der Waals surface area contributed by atoms with Crippen LogP contribution in [-0.2, 0) is 10.1 Å². The van der Waals surface area contributed by atoms with E-state index in [2.05, 4.69) is 20.8 Å². The molecule has 0 amide bonds. The molecule has 0 aliphatic heterocycles. The maximum atomic E-state index is 11.5. The van der Waals surface area contributed by atoms with E-state index >= 15 is 0 Å². The van der Waals surface area contributed by atoms with Gasteiger partial charge in [-0.3, -0.25) is 0 Å². The summed E-state index contributed by atoms with van der Waals surface area (Å²) in [6.07, 6.45) is 22.7. The molecule has 0 rings (SSSR count). The predicted octanol–water partition coefficient (Wildman–Crippen LogP) is 7.43. The highest BCUT2D eigenvalue weighted by molar-refractivity contribution is 7.85. The van der Waals surface area contributed by atoms with Gasteiger partial charge in [-0.15, -0.1) is 0 Å². The maximum Gasteiger partial charge on any atom is 0.100 e. The van der Waals surface area contributed by atoms with E-state index < -0.39 is 10.1 Å². The van der Waals surface area contributed by atoms with Crippen molar-refractivity contribution in [3.63, 3.8) is 0 Å². The Morgan fingerprint density at radius 3 is 1.06 bits per heavy atom. The second-order valence-corrected chi connectivity index (χ2v) is 11.3. The third kappa shape index (κ3) is 20.2. The molecule has 31 heavy (non-hydrogen) atoms. The summed E-state index contributed by atoms with van der Waals surface area (Å²) in [4.78, 5) is 0. The van der Waals surface area contributed by atoms with Crippen LogP contribution in [0.25, 0.3) is 0 Å². The Morgan fingerprint density at radius 1 is 0.484 bits per heavy atom. The van der Waals surface area contributed by atoms with Gasteiger partial charge in [0, 0.05) is 0 Å². The number of rotatable bonds is 24. The Hall–Kier alpha value is -0.130. The Balaban J connectivity index is 4.84. The minimum Gasteiger partial charge on any atom is -0.748 e. The van der Waals surface area contributed by atoms with Crippen molar-refractivity contribution in [3.05, 3.63) is 0 Å². The van der Waals surface area contributed by atoms with Crippen LogP contribution in [0, 0.1) is 0 Å². The van der Waals surface area contributed by atoms with Gasteiger partial charge < -0.3 is 9.04 Å². The first-order chi connectivity index (χ1) is 14.9. The standard InChI is InChI=1S/C26H55NO3S/c1-4-7-10-13-16-19-22-27(25-26-31(28,29)30,23-20-17-14-11-8-5-2)24-21-18-15-12-9-6-3/h4-26H2,1-3H3. The van der Waals surface area contributed by atoms with Gasteiger partial charge in [0.15, 0.2) is 0 Å². The van der Waals surface area contributed by atoms with Gasteiger partial charge in [0.1, 0.15) is 10.1 Å². The summed E-state index contributed by atoms with van der Waals surface area (Å²) in [5, 5.41) is 0. The van der Waals surface area contributed by atoms with Crippen LogP contribution in [0.15, 0.2) is 0 Å². The topological polar surface area (TPSA) is 57.2 Å². The molecule has 0 aliphatic carbocycles. The van der Waals surface area contributed by atoms with Crippen LogP contribution < -0.4 is 0 Å². The van der Waals surface area contributed by atoms with Crippen molar-refractivity contribution in [2.45, 2.75) is 136 Å². The van der Waals surface area contributed by atoms with E-state index in [1.54, 1.807) is 0 Å². The van der Waals surface area contributed by atoms with Gasteiger partial charge in [0.05, 0.1) is 31.9 Å². The summed E-state index contributed by atoms with van der Waals surface area (Å²) >= 11 is 0. The molecule has 5 heteroatoms. The van der Waals surface area contributed by atoms with Crippen LogP contribution in [0.2, 0.25) is 0 Å². The highest BCUT2D eigenvalue weighted by Crippen LogP contribution is 2.19. The van der Waals surface area contributed by atoms with Gasteiger partial charge in [0.25, 0.3) is 0 Å². The average Bonchev–Trinajstić information content (AvgIpc) is 2.73. The SMILES string of the molecule is CCCCCCCC[N+](CCCCCCCC)(CCCCCCCC)CCS(=O)(=O)[O-]. The van der Waals surface area contributed by atoms with E-state index in [0.717, 1.165) is 43.4 Å². The van der Waals surface area contributed by atoms with E-state index in [0.29, 0.717) is 6.54 Å². The molecule has 0 spiro atoms. The van der Waals surface area contributed by atoms with Gasteiger partial charge in [-0.2, -0.15) is 0 Å². The second-order valence-electron chi connectivity index (χ2n) is 9.80. The lowest BCUT2D eigenvalue weighted by atomic mass is 10.1. The van der Waals surface area contributed by atoms with Gasteiger partial charge in [-0.25, -0.2) is 8.42 Å². The van der Waals surface area contributed by atoms with Crippen molar-refractivity contribution < 1.29 is 17.5 Å². The Labute approximate surface area is 195 Å². The fraction of sp³-hybridized carbons (Fsp3) is 1.00. The van der Waals surface area contributed by atoms with E-state index in [1.165, 1.54) is 96.3 Å². The van der Waals surface area contributed by atoms with Crippen molar-refractivity contribution >= 4 is 10.1 Å². The number of nitrogens with zero attached hydrogens (tertiary/aromatic N) is 1. The van der Waals surface area contributed by atoms with Crippen molar-refractivity contribution in [1.82, 2.24) is 0 Å². The number of unbranched alkanes of at least 4 members (excludes halogenated alkanes) is 15. The van der Waals surface area contributed by atoms with Gasteiger partial charge in [-0.1, -0.05) is 97.8 Å². The van der Waals surface area contributed by atoms with Crippen LogP contribution >= 0.6 is 0 Å². The number of hydrogen-bond acceptors (Lipinski definition) is 3. The molecule has 0 N–H and O–H groups in total. The minimum atomic E-state index is -4.15. The summed E-state index contributed by atoms with van der Waals surface area (Å²) in [5.74, 6) is -0.200. The van der Waals surface area contributed by atoms with Gasteiger partial charge in [0.2, 0.25) is 0 Å². The van der Waals surface area contributed by atoms with Crippen LogP contribution in [0.1, 0.15) is 136 Å². The van der Waals surface area contributed by atoms with Crippen molar-refractivity contribution in [3.8, 4) is 0 Å². The molecule has 188 valence electrons. The largest absolute Gasteiger partial charge is 0.748 e. The highest BCUT2D eigenvalue weighted by Gasteiger charge is 2.27. The van der Waals surface area contributed by atoms with Crippen molar-refractivity contribution in [1.29, 1.82) is 0 Å². The van der Waals surface area contributed by atoms with E-state index in [1.807, 2.05) is 0 Å². The van der Waals surface area contributed by atoms with Crippen molar-refractivity contribution in [2.75, 3.05) is 31.9 Å². The van der Waals surface area contributed by atoms with Crippen LogP contribution in [-0.4, -0.2) is 49.4 Å². The molecule has 0 aromatic heterocycles. The molecule has 4 nitrogen and oxygen atoms in total. The summed E-state index contributed by atoms with van der Waals surface area (Å²) in [7, 11) is -4.15. The molecule has 0 unspecified atom stereocenters. The smallest absolute Gasteiger partial charge is 0.100 e. The highest BCUT2D eigenvalue weighted by atomic mass is 32.2. The number of hydrogen-bond donors (Lipinski definition) is 0. The molecule has 0 radical (unpaired) electrons. The van der Waals surface area contributed by atoms with E-state index in [4.69, 9.17) is 0 Å². The molecule has 0 saturated heterocycles. The van der Waals surface area contributed by atoms with E-state index in [9.17, 15) is 13.0 Å². The minimum absolute atomic E-state index is 0.200. The van der Waals surface area contributed by atoms with Crippen molar-refractivity contribution in [2.24, 2.45) is 0 Å². The van der Waals surface area contributed by atoms with Gasteiger partial charge >= 0.3 is 0 Å². The molecule has 0 aromatic carbocycles. The first-order valence-corrected chi connectivity index (χ1v) is 15.3. The predicted molar refractivity (Wildman–Crippen MR) is 134 cm³/mol. The van der Waals surface area contributed by atoms with Crippen LogP contribution in [0.5, 0.6) is 0 Å². The zero-order chi connectivity index (χ0) is 23.3. The Bertz CT molecular complexity index is 438. The van der Waals surface area contributed by atoms with Crippen LogP contribution in [0.4, 0.5) is 0 Å². The average molecular weight is 462 g/mol. The third-order valence-electron chi connectivity index (χ3n) is 6.77.